The van der Waals surface area contributed by atoms with Gasteiger partial charge in [0.1, 0.15) is 34.6 Å². The van der Waals surface area contributed by atoms with E-state index in [2.05, 4.69) is 181 Å². The van der Waals surface area contributed by atoms with Gasteiger partial charge in [0.05, 0.1) is 45.8 Å². The number of hydrogen-bond acceptors (Lipinski definition) is 6. The first kappa shape index (κ1) is 42.4. The quantitative estimate of drug-likeness (QED) is 0.136. The van der Waals surface area contributed by atoms with Crippen LogP contribution in [0.5, 0.6) is 23.0 Å². The van der Waals surface area contributed by atoms with E-state index in [0.29, 0.717) is 34.4 Å². The summed E-state index contributed by atoms with van der Waals surface area (Å²) in [5.74, 6) is 4.49. The maximum atomic E-state index is 6.74. The molecule has 8 aromatic carbocycles. The van der Waals surface area contributed by atoms with Gasteiger partial charge in [-0.05, 0) is 144 Å². The van der Waals surface area contributed by atoms with Crippen molar-refractivity contribution in [1.82, 2.24) is 29.1 Å². The van der Waals surface area contributed by atoms with E-state index in [-0.39, 0.29) is 0 Å². The molecule has 0 spiro atoms. The molecule has 0 saturated carbocycles. The van der Waals surface area contributed by atoms with Gasteiger partial charge in [-0.15, -0.1) is 0 Å². The summed E-state index contributed by atoms with van der Waals surface area (Å²) in [5, 5.41) is 4.57. The molecule has 0 aliphatic heterocycles. The van der Waals surface area contributed by atoms with Crippen molar-refractivity contribution < 1.29 is 9.47 Å². The largest absolute Gasteiger partial charge is 0.457 e. The monoisotopic (exact) mass is 928 g/mol. The van der Waals surface area contributed by atoms with Crippen LogP contribution < -0.4 is 9.47 Å². The topological polar surface area (TPSA) is 79.9 Å². The van der Waals surface area contributed by atoms with E-state index >= 15 is 0 Å². The van der Waals surface area contributed by atoms with E-state index < -0.39 is 0 Å². The highest BCUT2D eigenvalue weighted by Gasteiger charge is 2.19. The normalized spacial score (nSPS) is 11.5. The van der Waals surface area contributed by atoms with Crippen molar-refractivity contribution in [2.75, 3.05) is 0 Å². The lowest BCUT2D eigenvalue weighted by molar-refractivity contribution is 0.483. The van der Waals surface area contributed by atoms with Crippen LogP contribution in [-0.4, -0.2) is 29.1 Å². The first-order chi connectivity index (χ1) is 35.5. The molecule has 8 heteroatoms. The van der Waals surface area contributed by atoms with Crippen molar-refractivity contribution in [3.8, 4) is 79.4 Å². The van der Waals surface area contributed by atoms with Crippen molar-refractivity contribution in [3.63, 3.8) is 0 Å². The third-order valence-corrected chi connectivity index (χ3v) is 13.4. The molecule has 0 radical (unpaired) electrons. The SMILES string of the molecule is Cc1ccnc(-n2c3ccccc3c3ccc(Oc4ccc(-c5ccccc5)c(-c5cnc(-c6cc(Oc7ccc8c9ccccc9n(-c9cc(C)ccn9)c8c7)ccc6-c6ccccc6)cn5)c4)cc32)c1. The third-order valence-electron chi connectivity index (χ3n) is 13.4. The summed E-state index contributed by atoms with van der Waals surface area (Å²) in [5.41, 5.74) is 13.8. The Morgan fingerprint density at radius 2 is 0.708 bits per heavy atom. The number of hydrogen-bond donors (Lipinski definition) is 0. The van der Waals surface area contributed by atoms with Crippen molar-refractivity contribution in [2.24, 2.45) is 0 Å². The van der Waals surface area contributed by atoms with Crippen LogP contribution >= 0.6 is 0 Å². The minimum Gasteiger partial charge on any atom is -0.457 e. The Hall–Kier alpha value is -9.66. The Morgan fingerprint density at radius 1 is 0.319 bits per heavy atom. The number of benzene rings is 8. The molecule has 0 bridgehead atoms. The molecular formula is C64H44N6O2. The van der Waals surface area contributed by atoms with E-state index in [1.165, 1.54) is 0 Å². The fraction of sp³-hybridized carbons (Fsp3) is 0.0312. The summed E-state index contributed by atoms with van der Waals surface area (Å²) in [7, 11) is 0. The van der Waals surface area contributed by atoms with Gasteiger partial charge in [0, 0.05) is 57.2 Å². The van der Waals surface area contributed by atoms with Crippen molar-refractivity contribution in [3.05, 3.63) is 242 Å². The van der Waals surface area contributed by atoms with Gasteiger partial charge in [-0.1, -0.05) is 97.1 Å². The molecule has 0 atom stereocenters. The molecule has 8 nitrogen and oxygen atoms in total. The van der Waals surface area contributed by atoms with Crippen LogP contribution in [0.25, 0.3) is 100 Å². The fourth-order valence-electron chi connectivity index (χ4n) is 10.0. The smallest absolute Gasteiger partial charge is 0.137 e. The van der Waals surface area contributed by atoms with E-state index in [0.717, 1.165) is 99.8 Å². The van der Waals surface area contributed by atoms with Crippen LogP contribution in [0.2, 0.25) is 0 Å². The molecule has 0 amide bonds. The Bertz CT molecular complexity index is 3910. The number of aryl methyl sites for hydroxylation is 2. The van der Waals surface area contributed by atoms with Gasteiger partial charge in [0.25, 0.3) is 0 Å². The molecule has 5 aromatic heterocycles. The van der Waals surface area contributed by atoms with Crippen LogP contribution in [0.1, 0.15) is 11.1 Å². The number of fused-ring (bicyclic) bond motifs is 6. The summed E-state index contributed by atoms with van der Waals surface area (Å²) in [4.78, 5) is 19.8. The number of nitrogens with zero attached hydrogens (tertiary/aromatic N) is 6. The first-order valence-corrected chi connectivity index (χ1v) is 24.0. The van der Waals surface area contributed by atoms with Crippen LogP contribution in [0.4, 0.5) is 0 Å². The second-order valence-electron chi connectivity index (χ2n) is 18.1. The zero-order chi connectivity index (χ0) is 48.1. The van der Waals surface area contributed by atoms with Crippen LogP contribution in [0.3, 0.4) is 0 Å². The Balaban J connectivity index is 0.870. The first-order valence-electron chi connectivity index (χ1n) is 24.0. The van der Waals surface area contributed by atoms with Gasteiger partial charge in [-0.2, -0.15) is 0 Å². The lowest BCUT2D eigenvalue weighted by atomic mass is 9.96. The number of rotatable bonds is 10. The summed E-state index contributed by atoms with van der Waals surface area (Å²) >= 11 is 0. The average Bonchev–Trinajstić information content (AvgIpc) is 3.93. The van der Waals surface area contributed by atoms with Crippen molar-refractivity contribution in [2.45, 2.75) is 13.8 Å². The molecule has 0 aliphatic rings. The summed E-state index contributed by atoms with van der Waals surface area (Å²) < 4.78 is 17.9. The van der Waals surface area contributed by atoms with E-state index in [1.54, 1.807) is 0 Å². The summed E-state index contributed by atoms with van der Waals surface area (Å²) in [6.07, 6.45) is 7.43. The highest BCUT2D eigenvalue weighted by molar-refractivity contribution is 6.10. The molecule has 5 heterocycles. The van der Waals surface area contributed by atoms with E-state index in [9.17, 15) is 0 Å². The van der Waals surface area contributed by atoms with E-state index in [1.807, 2.05) is 73.3 Å². The predicted molar refractivity (Wildman–Crippen MR) is 291 cm³/mol. The minimum absolute atomic E-state index is 0.677. The fourth-order valence-corrected chi connectivity index (χ4v) is 10.0. The predicted octanol–water partition coefficient (Wildman–Crippen LogP) is 16.3. The molecule has 342 valence electrons. The van der Waals surface area contributed by atoms with Gasteiger partial charge < -0.3 is 9.47 Å². The molecule has 13 rings (SSSR count). The Labute approximate surface area is 415 Å². The molecule has 0 unspecified atom stereocenters. The van der Waals surface area contributed by atoms with Gasteiger partial charge in [-0.3, -0.25) is 19.1 Å². The number of aromatic nitrogens is 6. The molecule has 0 N–H and O–H groups in total. The van der Waals surface area contributed by atoms with E-state index in [4.69, 9.17) is 29.4 Å². The summed E-state index contributed by atoms with van der Waals surface area (Å²) in [6, 6.07) is 70.7. The molecule has 13 aromatic rings. The Morgan fingerprint density at radius 3 is 1.14 bits per heavy atom. The van der Waals surface area contributed by atoms with Crippen LogP contribution in [-0.2, 0) is 0 Å². The molecule has 0 saturated heterocycles. The second kappa shape index (κ2) is 17.7. The van der Waals surface area contributed by atoms with Gasteiger partial charge in [0.15, 0.2) is 0 Å². The van der Waals surface area contributed by atoms with Crippen LogP contribution in [0.15, 0.2) is 231 Å². The molecular weight excluding hydrogens is 885 g/mol. The Kier molecular flexibility index (Phi) is 10.4. The lowest BCUT2D eigenvalue weighted by Crippen LogP contribution is -1.98. The molecule has 72 heavy (non-hydrogen) atoms. The van der Waals surface area contributed by atoms with Crippen molar-refractivity contribution in [1.29, 1.82) is 0 Å². The zero-order valence-electron chi connectivity index (χ0n) is 39.4. The molecule has 0 aliphatic carbocycles. The van der Waals surface area contributed by atoms with Crippen molar-refractivity contribution >= 4 is 43.6 Å². The number of ether oxygens (including phenoxy) is 2. The van der Waals surface area contributed by atoms with Gasteiger partial charge >= 0.3 is 0 Å². The molecule has 0 fully saturated rings. The lowest BCUT2D eigenvalue weighted by Gasteiger charge is -2.15. The average molecular weight is 929 g/mol. The highest BCUT2D eigenvalue weighted by atomic mass is 16.5. The number of para-hydroxylation sites is 2. The van der Waals surface area contributed by atoms with Gasteiger partial charge in [0.2, 0.25) is 0 Å². The van der Waals surface area contributed by atoms with Gasteiger partial charge in [-0.25, -0.2) is 9.97 Å². The third kappa shape index (κ3) is 7.68. The maximum Gasteiger partial charge on any atom is 0.137 e. The zero-order valence-corrected chi connectivity index (χ0v) is 39.4. The summed E-state index contributed by atoms with van der Waals surface area (Å²) in [6.45, 7) is 4.18. The second-order valence-corrected chi connectivity index (χ2v) is 18.1. The standard InChI is InChI=1S/C64H44N6O2/c1-41-29-31-65-63(33-41)69-59-19-11-9-17-51(59)53-27-23-47(37-61(53)69)71-45-21-25-49(43-13-5-3-6-14-43)55(35-45)57-39-68-58(40-67-57)56-36-46(22-26-50(56)44-15-7-4-8-16-44)72-48-24-28-54-52-18-10-12-20-60(52)70(62(54)38-48)64-34-42(2)30-32-66-64/h3-40H,1-2H3. The van der Waals surface area contributed by atoms with Crippen LogP contribution in [0, 0.1) is 13.8 Å². The maximum absolute atomic E-state index is 6.74. The highest BCUT2D eigenvalue weighted by Crippen LogP contribution is 2.41. The number of pyridine rings is 2. The minimum atomic E-state index is 0.677.